The van der Waals surface area contributed by atoms with Gasteiger partial charge in [-0.2, -0.15) is 8.42 Å². The normalized spacial score (nSPS) is 12.6. The highest BCUT2D eigenvalue weighted by molar-refractivity contribution is 7.86. The van der Waals surface area contributed by atoms with E-state index in [-0.39, 0.29) is 10.6 Å². The van der Waals surface area contributed by atoms with Gasteiger partial charge < -0.3 is 5.11 Å². The Morgan fingerprint density at radius 1 is 0.810 bits per heavy atom. The molecule has 0 atom stereocenters. The summed E-state index contributed by atoms with van der Waals surface area (Å²) < 4.78 is 32.6. The predicted molar refractivity (Wildman–Crippen MR) is 81.6 cm³/mol. The largest absolute Gasteiger partial charge is 0.507 e. The summed E-state index contributed by atoms with van der Waals surface area (Å²) in [4.78, 5) is -0.272. The fourth-order valence-corrected chi connectivity index (χ4v) is 3.70. The molecule has 0 spiro atoms. The van der Waals surface area contributed by atoms with Crippen molar-refractivity contribution in [1.82, 2.24) is 0 Å². The average Bonchev–Trinajstić information content (AvgIpc) is 2.45. The minimum Gasteiger partial charge on any atom is -0.507 e. The van der Waals surface area contributed by atoms with Crippen molar-refractivity contribution in [2.24, 2.45) is 0 Å². The molecule has 0 heterocycles. The Balaban J connectivity index is 2.42. The lowest BCUT2D eigenvalue weighted by molar-refractivity contribution is 0.472. The van der Waals surface area contributed by atoms with Crippen LogP contribution in [0.15, 0.2) is 53.4 Å². The highest BCUT2D eigenvalue weighted by Gasteiger charge is 2.20. The molecular formula is C16H10O4S. The molecule has 5 heteroatoms. The van der Waals surface area contributed by atoms with Crippen LogP contribution in [0.2, 0.25) is 0 Å². The van der Waals surface area contributed by atoms with E-state index in [4.69, 9.17) is 0 Å². The lowest BCUT2D eigenvalue weighted by atomic mass is 9.94. The Morgan fingerprint density at radius 2 is 1.43 bits per heavy atom. The standard InChI is InChI=1S/C16H10O4S/c17-13-8-14(21(18,19)20)12-7-5-10-3-1-2-9-4-6-11(13)16(12)15(9)10/h1-8,17H,(H,18,19,20). The molecule has 0 aliphatic rings. The minimum absolute atomic E-state index is 0.159. The van der Waals surface area contributed by atoms with Gasteiger partial charge in [0.15, 0.2) is 0 Å². The fourth-order valence-electron chi connectivity index (χ4n) is 2.99. The van der Waals surface area contributed by atoms with Crippen LogP contribution in [-0.2, 0) is 10.1 Å². The van der Waals surface area contributed by atoms with Gasteiger partial charge in [-0.1, -0.05) is 42.5 Å². The summed E-state index contributed by atoms with van der Waals surface area (Å²) in [5.74, 6) is -0.159. The van der Waals surface area contributed by atoms with E-state index in [0.717, 1.165) is 22.2 Å². The molecule has 0 aromatic heterocycles. The van der Waals surface area contributed by atoms with E-state index in [1.807, 2.05) is 30.3 Å². The lowest BCUT2D eigenvalue weighted by Gasteiger charge is -2.13. The minimum atomic E-state index is -4.41. The van der Waals surface area contributed by atoms with Gasteiger partial charge >= 0.3 is 0 Å². The molecule has 2 N–H and O–H groups in total. The Bertz CT molecular complexity index is 1100. The molecule has 0 saturated carbocycles. The van der Waals surface area contributed by atoms with Crippen LogP contribution in [0.4, 0.5) is 0 Å². The van der Waals surface area contributed by atoms with E-state index in [1.165, 1.54) is 0 Å². The molecule has 0 unspecified atom stereocenters. The first kappa shape index (κ1) is 12.4. The second-order valence-corrected chi connectivity index (χ2v) is 6.44. The number of phenolic OH excluding ortho intramolecular Hbond substituents is 1. The van der Waals surface area contributed by atoms with Crippen molar-refractivity contribution in [3.63, 3.8) is 0 Å². The third-order valence-electron chi connectivity index (χ3n) is 3.86. The molecule has 0 fully saturated rings. The van der Waals surface area contributed by atoms with Crippen molar-refractivity contribution in [2.45, 2.75) is 4.90 Å². The molecule has 0 radical (unpaired) electrons. The highest BCUT2D eigenvalue weighted by Crippen LogP contribution is 2.41. The van der Waals surface area contributed by atoms with E-state index in [9.17, 15) is 18.1 Å². The first-order chi connectivity index (χ1) is 9.97. The van der Waals surface area contributed by atoms with Crippen molar-refractivity contribution in [2.75, 3.05) is 0 Å². The quantitative estimate of drug-likeness (QED) is 0.416. The van der Waals surface area contributed by atoms with Crippen molar-refractivity contribution in [3.8, 4) is 5.75 Å². The molecule has 4 nitrogen and oxygen atoms in total. The van der Waals surface area contributed by atoms with Gasteiger partial charge in [-0.05, 0) is 16.2 Å². The van der Waals surface area contributed by atoms with Crippen molar-refractivity contribution in [1.29, 1.82) is 0 Å². The van der Waals surface area contributed by atoms with Gasteiger partial charge in [0.25, 0.3) is 10.1 Å². The first-order valence-electron chi connectivity index (χ1n) is 6.34. The van der Waals surface area contributed by atoms with Gasteiger partial charge in [0.05, 0.1) is 0 Å². The van der Waals surface area contributed by atoms with Crippen molar-refractivity contribution in [3.05, 3.63) is 48.5 Å². The first-order valence-corrected chi connectivity index (χ1v) is 7.78. The average molecular weight is 298 g/mol. The molecule has 104 valence electrons. The highest BCUT2D eigenvalue weighted by atomic mass is 32.2. The van der Waals surface area contributed by atoms with Gasteiger partial charge in [-0.15, -0.1) is 0 Å². The van der Waals surface area contributed by atoms with Gasteiger partial charge in [0.2, 0.25) is 0 Å². The zero-order valence-corrected chi connectivity index (χ0v) is 11.6. The Kier molecular flexibility index (Phi) is 2.26. The van der Waals surface area contributed by atoms with Crippen LogP contribution in [0.1, 0.15) is 0 Å². The monoisotopic (exact) mass is 298 g/mol. The molecule has 21 heavy (non-hydrogen) atoms. The molecule has 0 bridgehead atoms. The number of hydrogen-bond donors (Lipinski definition) is 2. The van der Waals surface area contributed by atoms with E-state index in [2.05, 4.69) is 0 Å². The zero-order chi connectivity index (χ0) is 14.8. The summed E-state index contributed by atoms with van der Waals surface area (Å²) in [6.07, 6.45) is 0. The Morgan fingerprint density at radius 3 is 2.05 bits per heavy atom. The number of benzene rings is 4. The fraction of sp³-hybridized carbons (Fsp3) is 0. The maximum Gasteiger partial charge on any atom is 0.295 e. The molecule has 4 rings (SSSR count). The molecule has 0 aliphatic heterocycles. The summed E-state index contributed by atoms with van der Waals surface area (Å²) in [5, 5.41) is 14.5. The maximum absolute atomic E-state index is 11.6. The number of rotatable bonds is 1. The molecule has 0 saturated heterocycles. The number of aromatic hydroxyl groups is 1. The molecule has 0 aliphatic carbocycles. The number of phenols is 1. The van der Waals surface area contributed by atoms with E-state index in [0.29, 0.717) is 16.2 Å². The summed E-state index contributed by atoms with van der Waals surface area (Å²) in [7, 11) is -4.41. The summed E-state index contributed by atoms with van der Waals surface area (Å²) in [5.41, 5.74) is 0. The molecular weight excluding hydrogens is 288 g/mol. The van der Waals surface area contributed by atoms with Gasteiger partial charge in [-0.3, -0.25) is 4.55 Å². The summed E-state index contributed by atoms with van der Waals surface area (Å²) in [6, 6.07) is 14.0. The Hall–Kier alpha value is -2.37. The smallest absolute Gasteiger partial charge is 0.295 e. The van der Waals surface area contributed by atoms with Crippen LogP contribution in [0.3, 0.4) is 0 Å². The van der Waals surface area contributed by atoms with Crippen LogP contribution < -0.4 is 0 Å². The van der Waals surface area contributed by atoms with E-state index in [1.54, 1.807) is 12.1 Å². The third-order valence-corrected chi connectivity index (χ3v) is 4.76. The van der Waals surface area contributed by atoms with Crippen LogP contribution in [-0.4, -0.2) is 18.1 Å². The molecule has 4 aromatic rings. The van der Waals surface area contributed by atoms with Crippen LogP contribution in [0.25, 0.3) is 32.3 Å². The van der Waals surface area contributed by atoms with Crippen LogP contribution >= 0.6 is 0 Å². The maximum atomic E-state index is 11.6. The summed E-state index contributed by atoms with van der Waals surface area (Å²) >= 11 is 0. The van der Waals surface area contributed by atoms with Gasteiger partial charge in [-0.25, -0.2) is 0 Å². The van der Waals surface area contributed by atoms with E-state index >= 15 is 0 Å². The topological polar surface area (TPSA) is 74.6 Å². The predicted octanol–water partition coefficient (Wildman–Crippen LogP) is 3.54. The SMILES string of the molecule is O=S(=O)(O)c1cc(O)c2ccc3cccc4ccc1c2c34. The van der Waals surface area contributed by atoms with Gasteiger partial charge in [0.1, 0.15) is 10.6 Å². The molecule has 0 amide bonds. The van der Waals surface area contributed by atoms with Gasteiger partial charge in [0, 0.05) is 22.2 Å². The second-order valence-electron chi connectivity index (χ2n) is 5.05. The zero-order valence-electron chi connectivity index (χ0n) is 10.7. The van der Waals surface area contributed by atoms with Crippen molar-refractivity contribution >= 4 is 42.4 Å². The van der Waals surface area contributed by atoms with E-state index < -0.39 is 10.1 Å². The second kappa shape index (κ2) is 3.84. The van der Waals surface area contributed by atoms with Crippen molar-refractivity contribution < 1.29 is 18.1 Å². The number of hydrogen-bond acceptors (Lipinski definition) is 3. The third kappa shape index (κ3) is 1.62. The molecule has 4 aromatic carbocycles. The lowest BCUT2D eigenvalue weighted by Crippen LogP contribution is -2.00. The van der Waals surface area contributed by atoms with Crippen LogP contribution in [0.5, 0.6) is 5.75 Å². The summed E-state index contributed by atoms with van der Waals surface area (Å²) in [6.45, 7) is 0. The van der Waals surface area contributed by atoms with Crippen LogP contribution in [0, 0.1) is 0 Å². The Labute approximate surface area is 120 Å².